The van der Waals surface area contributed by atoms with Crippen LogP contribution in [0, 0.1) is 20.8 Å². The van der Waals surface area contributed by atoms with Crippen molar-refractivity contribution in [1.82, 2.24) is 0 Å². The average molecular weight is 234 g/mol. The van der Waals surface area contributed by atoms with Crippen molar-refractivity contribution in [3.63, 3.8) is 0 Å². The SMILES string of the molecule is Cc1ccc(C2=Cc3cc(C)c(C)cc3C2)cc1. The average Bonchev–Trinajstić information content (AvgIpc) is 2.73. The minimum atomic E-state index is 1.07. The minimum absolute atomic E-state index is 1.07. The second-order valence-electron chi connectivity index (χ2n) is 5.35. The van der Waals surface area contributed by atoms with Gasteiger partial charge in [-0.2, -0.15) is 0 Å². The van der Waals surface area contributed by atoms with Gasteiger partial charge in [-0.05, 0) is 60.6 Å². The summed E-state index contributed by atoms with van der Waals surface area (Å²) < 4.78 is 0. The summed E-state index contributed by atoms with van der Waals surface area (Å²) in [6.07, 6.45) is 3.41. The van der Waals surface area contributed by atoms with Gasteiger partial charge in [-0.1, -0.05) is 48.0 Å². The summed E-state index contributed by atoms with van der Waals surface area (Å²) in [5.74, 6) is 0. The summed E-state index contributed by atoms with van der Waals surface area (Å²) in [6.45, 7) is 6.51. The van der Waals surface area contributed by atoms with Crippen LogP contribution >= 0.6 is 0 Å². The fourth-order valence-corrected chi connectivity index (χ4v) is 2.58. The van der Waals surface area contributed by atoms with Crippen LogP contribution < -0.4 is 0 Å². The molecule has 0 saturated carbocycles. The van der Waals surface area contributed by atoms with Gasteiger partial charge in [0.25, 0.3) is 0 Å². The molecule has 1 aliphatic carbocycles. The van der Waals surface area contributed by atoms with E-state index >= 15 is 0 Å². The van der Waals surface area contributed by atoms with Crippen LogP contribution in [0.3, 0.4) is 0 Å². The van der Waals surface area contributed by atoms with Crippen LogP contribution in [0.1, 0.15) is 33.4 Å². The topological polar surface area (TPSA) is 0 Å². The zero-order valence-electron chi connectivity index (χ0n) is 11.2. The summed E-state index contributed by atoms with van der Waals surface area (Å²) in [5, 5.41) is 0. The Morgan fingerprint density at radius 2 is 1.50 bits per heavy atom. The summed E-state index contributed by atoms with van der Waals surface area (Å²) in [7, 11) is 0. The molecule has 0 amide bonds. The van der Waals surface area contributed by atoms with Crippen molar-refractivity contribution in [2.75, 3.05) is 0 Å². The maximum Gasteiger partial charge on any atom is -0.00136 e. The van der Waals surface area contributed by atoms with Crippen LogP contribution in [0.15, 0.2) is 36.4 Å². The molecule has 0 heterocycles. The van der Waals surface area contributed by atoms with E-state index in [9.17, 15) is 0 Å². The monoisotopic (exact) mass is 234 g/mol. The molecule has 0 saturated heterocycles. The van der Waals surface area contributed by atoms with Crippen LogP contribution in [-0.4, -0.2) is 0 Å². The predicted molar refractivity (Wildman–Crippen MR) is 78.7 cm³/mol. The van der Waals surface area contributed by atoms with Crippen LogP contribution in [0.4, 0.5) is 0 Å². The summed E-state index contributed by atoms with van der Waals surface area (Å²) in [4.78, 5) is 0. The molecule has 0 spiro atoms. The van der Waals surface area contributed by atoms with E-state index in [1.54, 1.807) is 0 Å². The zero-order valence-corrected chi connectivity index (χ0v) is 11.2. The Labute approximate surface area is 109 Å². The first-order valence-electron chi connectivity index (χ1n) is 6.51. The van der Waals surface area contributed by atoms with E-state index in [4.69, 9.17) is 0 Å². The molecule has 3 rings (SSSR count). The van der Waals surface area contributed by atoms with Crippen LogP contribution in [0.2, 0.25) is 0 Å². The molecular formula is C18H18. The van der Waals surface area contributed by atoms with E-state index in [-0.39, 0.29) is 0 Å². The molecule has 0 nitrogen and oxygen atoms in total. The zero-order chi connectivity index (χ0) is 12.7. The molecule has 1 aliphatic rings. The molecular weight excluding hydrogens is 216 g/mol. The lowest BCUT2D eigenvalue weighted by molar-refractivity contribution is 1.25. The van der Waals surface area contributed by atoms with Crippen molar-refractivity contribution >= 4 is 11.6 Å². The van der Waals surface area contributed by atoms with Gasteiger partial charge in [0.1, 0.15) is 0 Å². The number of allylic oxidation sites excluding steroid dienone is 1. The normalized spacial score (nSPS) is 13.4. The molecule has 0 N–H and O–H groups in total. The van der Waals surface area contributed by atoms with E-state index in [1.165, 1.54) is 39.0 Å². The Morgan fingerprint density at radius 1 is 0.833 bits per heavy atom. The second kappa shape index (κ2) is 4.13. The number of hydrogen-bond donors (Lipinski definition) is 0. The first kappa shape index (κ1) is 11.3. The summed E-state index contributed by atoms with van der Waals surface area (Å²) >= 11 is 0. The Hall–Kier alpha value is -1.82. The van der Waals surface area contributed by atoms with E-state index in [1.807, 2.05) is 0 Å². The van der Waals surface area contributed by atoms with Crippen LogP contribution in [0.25, 0.3) is 11.6 Å². The summed E-state index contributed by atoms with van der Waals surface area (Å²) in [6, 6.07) is 13.5. The van der Waals surface area contributed by atoms with Crippen molar-refractivity contribution in [3.05, 3.63) is 69.8 Å². The third-order valence-electron chi connectivity index (χ3n) is 3.89. The molecule has 0 unspecified atom stereocenters. The van der Waals surface area contributed by atoms with E-state index in [0.717, 1.165) is 6.42 Å². The molecule has 18 heavy (non-hydrogen) atoms. The third-order valence-corrected chi connectivity index (χ3v) is 3.89. The Balaban J connectivity index is 2.00. The Kier molecular flexibility index (Phi) is 2.59. The molecule has 2 aromatic rings. The van der Waals surface area contributed by atoms with Gasteiger partial charge in [0.15, 0.2) is 0 Å². The number of benzene rings is 2. The fourth-order valence-electron chi connectivity index (χ4n) is 2.58. The van der Waals surface area contributed by atoms with Crippen molar-refractivity contribution in [2.45, 2.75) is 27.2 Å². The van der Waals surface area contributed by atoms with Crippen LogP contribution in [0.5, 0.6) is 0 Å². The van der Waals surface area contributed by atoms with Crippen LogP contribution in [-0.2, 0) is 6.42 Å². The minimum Gasteiger partial charge on any atom is -0.0587 e. The number of aryl methyl sites for hydroxylation is 3. The summed E-state index contributed by atoms with van der Waals surface area (Å²) in [5.41, 5.74) is 9.76. The highest BCUT2D eigenvalue weighted by Crippen LogP contribution is 2.33. The number of hydrogen-bond acceptors (Lipinski definition) is 0. The molecule has 0 radical (unpaired) electrons. The van der Waals surface area contributed by atoms with Gasteiger partial charge in [-0.25, -0.2) is 0 Å². The fraction of sp³-hybridized carbons (Fsp3) is 0.222. The highest BCUT2D eigenvalue weighted by Gasteiger charge is 2.14. The quantitative estimate of drug-likeness (QED) is 0.670. The number of fused-ring (bicyclic) bond motifs is 1. The van der Waals surface area contributed by atoms with Gasteiger partial charge in [0, 0.05) is 0 Å². The van der Waals surface area contributed by atoms with Gasteiger partial charge in [-0.15, -0.1) is 0 Å². The lowest BCUT2D eigenvalue weighted by atomic mass is 10.00. The molecule has 0 aliphatic heterocycles. The Bertz CT molecular complexity index is 628. The molecule has 0 heteroatoms. The molecule has 0 bridgehead atoms. The van der Waals surface area contributed by atoms with Gasteiger partial charge >= 0.3 is 0 Å². The van der Waals surface area contributed by atoms with E-state index in [2.05, 4.69) is 63.2 Å². The lowest BCUT2D eigenvalue weighted by Gasteiger charge is -2.05. The van der Waals surface area contributed by atoms with Gasteiger partial charge in [-0.3, -0.25) is 0 Å². The second-order valence-corrected chi connectivity index (χ2v) is 5.35. The van der Waals surface area contributed by atoms with Crippen molar-refractivity contribution < 1.29 is 0 Å². The van der Waals surface area contributed by atoms with Crippen molar-refractivity contribution in [2.24, 2.45) is 0 Å². The van der Waals surface area contributed by atoms with E-state index in [0.29, 0.717) is 0 Å². The lowest BCUT2D eigenvalue weighted by Crippen LogP contribution is -1.89. The largest absolute Gasteiger partial charge is 0.0587 e. The highest BCUT2D eigenvalue weighted by atomic mass is 14.2. The molecule has 2 aromatic carbocycles. The van der Waals surface area contributed by atoms with Crippen molar-refractivity contribution in [1.29, 1.82) is 0 Å². The molecule has 0 fully saturated rings. The van der Waals surface area contributed by atoms with Gasteiger partial charge in [0.2, 0.25) is 0 Å². The van der Waals surface area contributed by atoms with Gasteiger partial charge < -0.3 is 0 Å². The molecule has 0 aromatic heterocycles. The first-order valence-corrected chi connectivity index (χ1v) is 6.51. The number of rotatable bonds is 1. The molecule has 0 atom stereocenters. The molecule has 90 valence electrons. The van der Waals surface area contributed by atoms with E-state index < -0.39 is 0 Å². The highest BCUT2D eigenvalue weighted by molar-refractivity contribution is 5.88. The van der Waals surface area contributed by atoms with Gasteiger partial charge in [0.05, 0.1) is 0 Å². The Morgan fingerprint density at radius 3 is 2.22 bits per heavy atom. The first-order chi connectivity index (χ1) is 8.63. The maximum atomic E-state index is 2.34. The predicted octanol–water partition coefficient (Wildman–Crippen LogP) is 4.71. The maximum absolute atomic E-state index is 2.34. The smallest absolute Gasteiger partial charge is 0.00136 e. The van der Waals surface area contributed by atoms with Crippen molar-refractivity contribution in [3.8, 4) is 0 Å². The third kappa shape index (κ3) is 1.88. The standard InChI is InChI=1S/C18H18/c1-12-4-6-15(7-5-12)18-10-16-8-13(2)14(3)9-17(16)11-18/h4-10H,11H2,1-3H3.